The molecule has 4 aromatic rings. The average Bonchev–Trinajstić information content (AvgIpc) is 3.54. The number of benzene rings is 3. The minimum Gasteiger partial charge on any atom is -0.503 e. The molecule has 1 unspecified atom stereocenters. The van der Waals surface area contributed by atoms with Crippen LogP contribution in [0.4, 0.5) is 0 Å². The summed E-state index contributed by atoms with van der Waals surface area (Å²) in [6.45, 7) is 7.67. The normalized spacial score (nSPS) is 15.4. The summed E-state index contributed by atoms with van der Waals surface area (Å²) in [5, 5.41) is 11.8. The van der Waals surface area contributed by atoms with Crippen LogP contribution < -0.4 is 4.74 Å². The van der Waals surface area contributed by atoms with Crippen molar-refractivity contribution in [2.75, 3.05) is 26.2 Å². The first-order valence-electron chi connectivity index (χ1n) is 13.8. The molecule has 3 aromatic carbocycles. The molecule has 5 rings (SSSR count). The van der Waals surface area contributed by atoms with Crippen LogP contribution in [-0.2, 0) is 11.4 Å². The zero-order chi connectivity index (χ0) is 28.1. The fraction of sp³-hybridized carbons (Fsp3) is 0.273. The number of aliphatic hydroxyl groups is 1. The van der Waals surface area contributed by atoms with Gasteiger partial charge in [-0.1, -0.05) is 74.5 Å². The molecule has 0 radical (unpaired) electrons. The number of fused-ring (bicyclic) bond motifs is 1. The third-order valence-corrected chi connectivity index (χ3v) is 7.41. The number of rotatable bonds is 12. The van der Waals surface area contributed by atoms with Gasteiger partial charge in [-0.05, 0) is 61.4 Å². The number of ether oxygens (including phenoxy) is 1. The lowest BCUT2D eigenvalue weighted by Gasteiger charge is -2.28. The Hall–Kier alpha value is -4.36. The largest absolute Gasteiger partial charge is 0.503 e. The predicted octanol–water partition coefficient (Wildman–Crippen LogP) is 6.32. The molecule has 0 saturated carbocycles. The molecule has 1 aliphatic rings. The van der Waals surface area contributed by atoms with E-state index in [0.29, 0.717) is 36.5 Å². The van der Waals surface area contributed by atoms with E-state index in [9.17, 15) is 14.7 Å². The third kappa shape index (κ3) is 5.65. The Bertz CT molecular complexity index is 1470. The van der Waals surface area contributed by atoms with E-state index in [2.05, 4.69) is 18.7 Å². The second kappa shape index (κ2) is 12.2. The lowest BCUT2D eigenvalue weighted by Crippen LogP contribution is -2.34. The second-order valence-electron chi connectivity index (χ2n) is 9.86. The smallest absolute Gasteiger partial charge is 0.290 e. The number of hydrogen-bond acceptors (Lipinski definition) is 6. The molecular weight excluding hydrogens is 504 g/mol. The van der Waals surface area contributed by atoms with Gasteiger partial charge in [-0.2, -0.15) is 0 Å². The van der Waals surface area contributed by atoms with Crippen LogP contribution in [0.25, 0.3) is 11.0 Å². The zero-order valence-electron chi connectivity index (χ0n) is 22.9. The number of ketones is 1. The van der Waals surface area contributed by atoms with E-state index < -0.39 is 23.5 Å². The second-order valence-corrected chi connectivity index (χ2v) is 9.86. The fourth-order valence-electron chi connectivity index (χ4n) is 5.18. The summed E-state index contributed by atoms with van der Waals surface area (Å²) in [6.07, 6.45) is 0.710. The molecule has 1 atom stereocenters. The highest BCUT2D eigenvalue weighted by molar-refractivity contribution is 6.16. The Labute approximate surface area is 234 Å². The topological polar surface area (TPSA) is 83.2 Å². The Kier molecular flexibility index (Phi) is 8.31. The number of aliphatic hydroxyl groups excluding tert-OH is 1. The number of nitrogens with zero attached hydrogens (tertiary/aromatic N) is 2. The van der Waals surface area contributed by atoms with Crippen LogP contribution in [0.1, 0.15) is 48.0 Å². The predicted molar refractivity (Wildman–Crippen MR) is 154 cm³/mol. The van der Waals surface area contributed by atoms with E-state index in [1.165, 1.54) is 0 Å². The first-order chi connectivity index (χ1) is 19.5. The molecule has 0 spiro atoms. The lowest BCUT2D eigenvalue weighted by atomic mass is 9.95. The summed E-state index contributed by atoms with van der Waals surface area (Å²) in [6, 6.07) is 25.5. The maximum Gasteiger partial charge on any atom is 0.290 e. The Morgan fingerprint density at radius 3 is 2.38 bits per heavy atom. The van der Waals surface area contributed by atoms with Crippen LogP contribution >= 0.6 is 0 Å². The Morgan fingerprint density at radius 1 is 0.975 bits per heavy atom. The molecule has 7 nitrogen and oxygen atoms in total. The minimum atomic E-state index is -0.743. The molecule has 0 saturated heterocycles. The average molecular weight is 539 g/mol. The standard InChI is InChI=1S/C33H34N2O5/c1-3-34(4-2)19-10-20-35-30(24-15-17-26(18-16-24)39-22-23-11-6-5-7-12-23)29(32(37)33(35)38)31(36)28-21-25-13-8-9-14-27(25)40-28/h5-9,11-18,21,30,37H,3-4,10,19-20,22H2,1-2H3. The summed E-state index contributed by atoms with van der Waals surface area (Å²) < 4.78 is 11.8. The molecule has 206 valence electrons. The number of Topliss-reactive ketones (excluding diaryl/α,β-unsaturated/α-hetero) is 1. The van der Waals surface area contributed by atoms with Gasteiger partial charge in [0.1, 0.15) is 17.9 Å². The molecule has 1 amide bonds. The number of para-hydroxylation sites is 1. The van der Waals surface area contributed by atoms with Crippen LogP contribution in [0.3, 0.4) is 0 Å². The number of carbonyl (C=O) groups is 2. The van der Waals surface area contributed by atoms with Gasteiger partial charge in [-0.3, -0.25) is 9.59 Å². The van der Waals surface area contributed by atoms with Gasteiger partial charge in [0.2, 0.25) is 5.78 Å². The molecule has 1 aromatic heterocycles. The highest BCUT2D eigenvalue weighted by atomic mass is 16.5. The van der Waals surface area contributed by atoms with Crippen molar-refractivity contribution < 1.29 is 23.8 Å². The highest BCUT2D eigenvalue weighted by Gasteiger charge is 2.44. The summed E-state index contributed by atoms with van der Waals surface area (Å²) >= 11 is 0. The molecule has 0 fully saturated rings. The monoisotopic (exact) mass is 538 g/mol. The summed E-state index contributed by atoms with van der Waals surface area (Å²) in [5.41, 5.74) is 2.37. The third-order valence-electron chi connectivity index (χ3n) is 7.41. The molecule has 40 heavy (non-hydrogen) atoms. The van der Waals surface area contributed by atoms with E-state index in [4.69, 9.17) is 9.15 Å². The molecule has 1 N–H and O–H groups in total. The number of carbonyl (C=O) groups excluding carboxylic acids is 2. The maximum absolute atomic E-state index is 13.8. The zero-order valence-corrected chi connectivity index (χ0v) is 22.9. The van der Waals surface area contributed by atoms with Crippen molar-refractivity contribution in [3.8, 4) is 5.75 Å². The van der Waals surface area contributed by atoms with Crippen molar-refractivity contribution in [3.63, 3.8) is 0 Å². The highest BCUT2D eigenvalue weighted by Crippen LogP contribution is 2.40. The molecule has 0 aliphatic carbocycles. The van der Waals surface area contributed by atoms with Crippen LogP contribution in [-0.4, -0.2) is 52.8 Å². The molecule has 7 heteroatoms. The van der Waals surface area contributed by atoms with E-state index in [0.717, 1.165) is 30.6 Å². The van der Waals surface area contributed by atoms with E-state index in [-0.39, 0.29) is 11.3 Å². The van der Waals surface area contributed by atoms with Crippen LogP contribution in [0, 0.1) is 0 Å². The van der Waals surface area contributed by atoms with Crippen LogP contribution in [0.15, 0.2) is 101 Å². The number of amides is 1. The van der Waals surface area contributed by atoms with Crippen molar-refractivity contribution in [3.05, 3.63) is 113 Å². The number of furan rings is 1. The molecular formula is C33H34N2O5. The Balaban J connectivity index is 1.43. The van der Waals surface area contributed by atoms with Gasteiger partial charge in [-0.15, -0.1) is 0 Å². The maximum atomic E-state index is 13.8. The quantitative estimate of drug-likeness (QED) is 0.213. The van der Waals surface area contributed by atoms with Gasteiger partial charge in [-0.25, -0.2) is 0 Å². The molecule has 0 bridgehead atoms. The Morgan fingerprint density at radius 2 is 1.68 bits per heavy atom. The lowest BCUT2D eigenvalue weighted by molar-refractivity contribution is -0.129. The van der Waals surface area contributed by atoms with E-state index >= 15 is 0 Å². The van der Waals surface area contributed by atoms with Gasteiger partial charge in [0.25, 0.3) is 5.91 Å². The first-order valence-corrected chi connectivity index (χ1v) is 13.8. The van der Waals surface area contributed by atoms with Gasteiger partial charge >= 0.3 is 0 Å². The van der Waals surface area contributed by atoms with Gasteiger partial charge in [0, 0.05) is 11.9 Å². The summed E-state index contributed by atoms with van der Waals surface area (Å²) in [7, 11) is 0. The SMILES string of the molecule is CCN(CC)CCCN1C(=O)C(O)=C(C(=O)c2cc3ccccc3o2)C1c1ccc(OCc2ccccc2)cc1. The molecule has 2 heterocycles. The van der Waals surface area contributed by atoms with Crippen molar-refractivity contribution in [2.45, 2.75) is 32.9 Å². The van der Waals surface area contributed by atoms with Gasteiger partial charge in [0.05, 0.1) is 11.6 Å². The fourth-order valence-corrected chi connectivity index (χ4v) is 5.18. The molecule has 1 aliphatic heterocycles. The summed E-state index contributed by atoms with van der Waals surface area (Å²) in [4.78, 5) is 31.0. The van der Waals surface area contributed by atoms with Crippen LogP contribution in [0.2, 0.25) is 0 Å². The first kappa shape index (κ1) is 27.2. The number of hydrogen-bond donors (Lipinski definition) is 1. The van der Waals surface area contributed by atoms with Crippen molar-refractivity contribution in [2.24, 2.45) is 0 Å². The minimum absolute atomic E-state index is 0.0323. The summed E-state index contributed by atoms with van der Waals surface area (Å²) in [5.74, 6) is -0.810. The van der Waals surface area contributed by atoms with Crippen molar-refractivity contribution in [1.29, 1.82) is 0 Å². The van der Waals surface area contributed by atoms with Crippen molar-refractivity contribution >= 4 is 22.7 Å². The van der Waals surface area contributed by atoms with Gasteiger partial charge < -0.3 is 24.1 Å². The van der Waals surface area contributed by atoms with Crippen LogP contribution in [0.5, 0.6) is 5.75 Å². The van der Waals surface area contributed by atoms with Gasteiger partial charge in [0.15, 0.2) is 11.5 Å². The van der Waals surface area contributed by atoms with E-state index in [1.54, 1.807) is 17.0 Å². The van der Waals surface area contributed by atoms with E-state index in [1.807, 2.05) is 72.8 Å². The van der Waals surface area contributed by atoms with Crippen molar-refractivity contribution in [1.82, 2.24) is 9.80 Å².